The largest absolute Gasteiger partial charge is 0.396 e. The summed E-state index contributed by atoms with van der Waals surface area (Å²) in [6.07, 6.45) is 2.08. The first-order valence-corrected chi connectivity index (χ1v) is 12.4. The monoisotopic (exact) mass is 498 g/mol. The lowest BCUT2D eigenvalue weighted by molar-refractivity contribution is -0.206. The van der Waals surface area contributed by atoms with Crippen molar-refractivity contribution < 1.29 is 19.7 Å². The number of nitrogens with zero attached hydrogens (tertiary/aromatic N) is 2. The summed E-state index contributed by atoms with van der Waals surface area (Å²) in [5.74, 6) is 1.82. The van der Waals surface area contributed by atoms with Gasteiger partial charge in [0.25, 0.3) is 6.87 Å². The molecule has 0 radical (unpaired) electrons. The van der Waals surface area contributed by atoms with Gasteiger partial charge in [-0.05, 0) is 76.7 Å². The van der Waals surface area contributed by atoms with Crippen LogP contribution in [0.25, 0.3) is 0 Å². The standard InChI is InChI=1S/C9H17BO2.C6H18B2N2.C5H12O2.C5H10.CH4/c1-8(2)5-10-6-11-9(3,4)12-7-10;1-7(2)8(9(3)4)10(5)6;1-5(2,3-6)4-7;1-4-5(2)3;/h5H,6-7H2,1-4H3;1-6H3;6-7H,3-4H2,1-2H3;4H,1-3H3;1H4. The molecule has 0 unspecified atom stereocenters. The Hall–Kier alpha value is -0.565. The predicted octanol–water partition coefficient (Wildman–Crippen LogP) is 4.88. The second-order valence-corrected chi connectivity index (χ2v) is 11.5. The summed E-state index contributed by atoms with van der Waals surface area (Å²) in [5.41, 5.74) is 2.40. The first-order chi connectivity index (χ1) is 15.4. The van der Waals surface area contributed by atoms with E-state index < -0.39 is 0 Å². The van der Waals surface area contributed by atoms with Crippen LogP contribution in [0.2, 0.25) is 13.6 Å². The first kappa shape index (κ1) is 41.6. The molecule has 1 fully saturated rings. The number of allylic oxidation sites excluding steroid dienone is 3. The van der Waals surface area contributed by atoms with Crippen LogP contribution in [-0.2, 0) is 9.47 Å². The molecule has 6 nitrogen and oxygen atoms in total. The van der Waals surface area contributed by atoms with Crippen molar-refractivity contribution in [3.05, 3.63) is 23.2 Å². The lowest BCUT2D eigenvalue weighted by Gasteiger charge is -2.32. The summed E-state index contributed by atoms with van der Waals surface area (Å²) in [5, 5.41) is 16.9. The normalized spacial score (nSPS) is 14.1. The molecule has 0 aliphatic carbocycles. The maximum Gasteiger partial charge on any atom is 0.267 e. The van der Waals surface area contributed by atoms with Crippen LogP contribution in [0, 0.1) is 5.41 Å². The van der Waals surface area contributed by atoms with E-state index in [-0.39, 0.29) is 31.8 Å². The van der Waals surface area contributed by atoms with E-state index in [0.29, 0.717) is 20.2 Å². The third-order valence-corrected chi connectivity index (χ3v) is 4.95. The van der Waals surface area contributed by atoms with Gasteiger partial charge in [0.05, 0.1) is 13.2 Å². The third kappa shape index (κ3) is 26.3. The van der Waals surface area contributed by atoms with Gasteiger partial charge in [0, 0.05) is 18.4 Å². The minimum Gasteiger partial charge on any atom is -0.396 e. The van der Waals surface area contributed by atoms with Crippen molar-refractivity contribution in [1.29, 1.82) is 0 Å². The maximum atomic E-state index is 8.43. The molecule has 1 aliphatic heterocycles. The zero-order valence-electron chi connectivity index (χ0n) is 25.3. The summed E-state index contributed by atoms with van der Waals surface area (Å²) in [4.78, 5) is 4.48. The molecule has 0 amide bonds. The van der Waals surface area contributed by atoms with E-state index in [4.69, 9.17) is 19.7 Å². The van der Waals surface area contributed by atoms with Gasteiger partial charge in [-0.2, -0.15) is 0 Å². The Morgan fingerprint density at radius 1 is 0.914 bits per heavy atom. The Kier molecular flexibility index (Phi) is 25.5. The summed E-state index contributed by atoms with van der Waals surface area (Å²) in [7, 11) is 8.46. The molecule has 2 N–H and O–H groups in total. The van der Waals surface area contributed by atoms with E-state index in [9.17, 15) is 0 Å². The molecular formula is C26H61B3N2O4. The highest BCUT2D eigenvalue weighted by molar-refractivity contribution is 7.18. The lowest BCUT2D eigenvalue weighted by Crippen LogP contribution is -2.54. The average Bonchev–Trinajstić information content (AvgIpc) is 2.69. The van der Waals surface area contributed by atoms with Crippen LogP contribution in [0.15, 0.2) is 23.2 Å². The number of rotatable bonds is 6. The van der Waals surface area contributed by atoms with Crippen LogP contribution in [0.4, 0.5) is 0 Å². The first-order valence-electron chi connectivity index (χ1n) is 12.4. The van der Waals surface area contributed by atoms with Gasteiger partial charge in [-0.1, -0.05) is 52.1 Å². The Bertz CT molecular complexity index is 524. The fraction of sp³-hybridized carbons (Fsp3) is 0.846. The van der Waals surface area contributed by atoms with Gasteiger partial charge in [-0.15, -0.1) is 5.98 Å². The Labute approximate surface area is 221 Å². The van der Waals surface area contributed by atoms with E-state index in [0.717, 1.165) is 13.0 Å². The van der Waals surface area contributed by atoms with Gasteiger partial charge in [0.1, 0.15) is 6.60 Å². The van der Waals surface area contributed by atoms with Crippen molar-refractivity contribution in [2.45, 2.75) is 89.2 Å². The zero-order valence-corrected chi connectivity index (χ0v) is 25.3. The minimum absolute atomic E-state index is 0. The Morgan fingerprint density at radius 3 is 1.40 bits per heavy atom. The van der Waals surface area contributed by atoms with E-state index in [1.165, 1.54) is 11.1 Å². The summed E-state index contributed by atoms with van der Waals surface area (Å²) >= 11 is 0. The van der Waals surface area contributed by atoms with Crippen LogP contribution < -0.4 is 0 Å². The summed E-state index contributed by atoms with van der Waals surface area (Å²) < 4.78 is 11.0. The third-order valence-electron chi connectivity index (χ3n) is 4.95. The average molecular weight is 498 g/mol. The van der Waals surface area contributed by atoms with E-state index in [1.54, 1.807) is 13.8 Å². The molecule has 1 saturated heterocycles. The molecule has 0 aromatic heterocycles. The Balaban J connectivity index is -0.000000191. The van der Waals surface area contributed by atoms with E-state index >= 15 is 0 Å². The number of aliphatic hydroxyl groups excluding tert-OH is 2. The van der Waals surface area contributed by atoms with E-state index in [2.05, 4.69) is 91.2 Å². The van der Waals surface area contributed by atoms with Gasteiger partial charge in [0.2, 0.25) is 6.71 Å². The molecule has 1 rings (SSSR count). The molecule has 0 saturated carbocycles. The molecule has 1 aliphatic rings. The summed E-state index contributed by atoms with van der Waals surface area (Å²) in [6, 6.07) is 0. The quantitative estimate of drug-likeness (QED) is 0.402. The van der Waals surface area contributed by atoms with Crippen LogP contribution in [0.1, 0.15) is 69.7 Å². The molecule has 35 heavy (non-hydrogen) atoms. The number of hydrogen-bond acceptors (Lipinski definition) is 6. The second-order valence-electron chi connectivity index (χ2n) is 11.5. The van der Waals surface area contributed by atoms with Crippen molar-refractivity contribution >= 4 is 20.2 Å². The van der Waals surface area contributed by atoms with Crippen LogP contribution in [0.3, 0.4) is 0 Å². The van der Waals surface area contributed by atoms with Crippen LogP contribution in [0.5, 0.6) is 0 Å². The highest BCUT2D eigenvalue weighted by Gasteiger charge is 2.29. The molecular weight excluding hydrogens is 437 g/mol. The smallest absolute Gasteiger partial charge is 0.267 e. The molecule has 0 aromatic rings. The fourth-order valence-electron chi connectivity index (χ4n) is 2.98. The molecule has 0 bridgehead atoms. The number of ether oxygens (including phenoxy) is 2. The summed E-state index contributed by atoms with van der Waals surface area (Å²) in [6.45, 7) is 25.7. The van der Waals surface area contributed by atoms with E-state index in [1.807, 2.05) is 20.8 Å². The van der Waals surface area contributed by atoms with Crippen LogP contribution >= 0.6 is 0 Å². The molecule has 9 heteroatoms. The highest BCUT2D eigenvalue weighted by atomic mass is 16.7. The number of aliphatic hydroxyl groups is 2. The van der Waals surface area contributed by atoms with Crippen molar-refractivity contribution in [2.24, 2.45) is 5.41 Å². The SMILES string of the molecule is C.CB(C)B(N(C)C)N(C)C.CC(C)(CO)CO.CC(C)=CB1COC(C)(C)OC1.CC=C(C)C. The van der Waals surface area contributed by atoms with Gasteiger partial charge < -0.3 is 29.3 Å². The highest BCUT2D eigenvalue weighted by Crippen LogP contribution is 2.17. The van der Waals surface area contributed by atoms with Gasteiger partial charge in [-0.25, -0.2) is 0 Å². The lowest BCUT2D eigenvalue weighted by atomic mass is 9.21. The maximum absolute atomic E-state index is 8.43. The van der Waals surface area contributed by atoms with Gasteiger partial charge in [0.15, 0.2) is 5.79 Å². The van der Waals surface area contributed by atoms with Gasteiger partial charge in [-0.3, -0.25) is 0 Å². The van der Waals surface area contributed by atoms with Crippen molar-refractivity contribution in [3.8, 4) is 0 Å². The fourth-order valence-corrected chi connectivity index (χ4v) is 2.98. The topological polar surface area (TPSA) is 65.4 Å². The van der Waals surface area contributed by atoms with Crippen molar-refractivity contribution in [3.63, 3.8) is 0 Å². The van der Waals surface area contributed by atoms with Crippen molar-refractivity contribution in [1.82, 2.24) is 9.62 Å². The number of hydrogen-bond donors (Lipinski definition) is 2. The molecule has 0 spiro atoms. The molecule has 208 valence electrons. The predicted molar refractivity (Wildman–Crippen MR) is 162 cm³/mol. The van der Waals surface area contributed by atoms with Crippen LogP contribution in [-0.4, -0.2) is 100 Å². The Morgan fingerprint density at radius 2 is 1.26 bits per heavy atom. The molecule has 1 heterocycles. The zero-order chi connectivity index (χ0) is 27.7. The minimum atomic E-state index is -0.383. The van der Waals surface area contributed by atoms with Gasteiger partial charge >= 0.3 is 0 Å². The second kappa shape index (κ2) is 21.5. The molecule has 0 aromatic carbocycles. The van der Waals surface area contributed by atoms with Crippen molar-refractivity contribution in [2.75, 3.05) is 54.4 Å². The molecule has 0 atom stereocenters.